The number of methoxy groups -OCH3 is 3. The molecule has 2 heterocycles. The van der Waals surface area contributed by atoms with E-state index in [0.29, 0.717) is 29.0 Å². The molecule has 2 aromatic carbocycles. The molecular formula is C23H27N3O4. The van der Waals surface area contributed by atoms with E-state index in [2.05, 4.69) is 28.0 Å². The molecule has 158 valence electrons. The topological polar surface area (TPSA) is 69.9 Å². The quantitative estimate of drug-likeness (QED) is 0.583. The van der Waals surface area contributed by atoms with Gasteiger partial charge in [0.05, 0.1) is 27.2 Å². The largest absolute Gasteiger partial charge is 0.493 e. The van der Waals surface area contributed by atoms with E-state index in [4.69, 9.17) is 18.7 Å². The molecule has 1 saturated heterocycles. The number of likely N-dealkylation sites (tertiary alicyclic amines) is 1. The van der Waals surface area contributed by atoms with Crippen molar-refractivity contribution in [2.75, 3.05) is 34.4 Å². The first-order chi connectivity index (χ1) is 14.6. The van der Waals surface area contributed by atoms with Crippen molar-refractivity contribution >= 4 is 0 Å². The van der Waals surface area contributed by atoms with Crippen molar-refractivity contribution in [3.8, 4) is 28.6 Å². The summed E-state index contributed by atoms with van der Waals surface area (Å²) in [6.07, 6.45) is 0.986. The molecule has 1 aliphatic rings. The van der Waals surface area contributed by atoms with Crippen molar-refractivity contribution in [1.82, 2.24) is 15.0 Å². The predicted octanol–water partition coefficient (Wildman–Crippen LogP) is 4.06. The molecule has 1 atom stereocenters. The van der Waals surface area contributed by atoms with E-state index >= 15 is 0 Å². The molecule has 0 aliphatic carbocycles. The SMILES string of the molecule is COc1cc(CN2CC[C@@H](c3nc(-c4ccccc4C)no3)C2)cc(OC)c1OC. The van der Waals surface area contributed by atoms with Gasteiger partial charge in [0.1, 0.15) is 0 Å². The third-order valence-corrected chi connectivity index (χ3v) is 5.58. The summed E-state index contributed by atoms with van der Waals surface area (Å²) in [5.41, 5.74) is 3.26. The van der Waals surface area contributed by atoms with Crippen LogP contribution >= 0.6 is 0 Å². The number of aromatic nitrogens is 2. The first-order valence-electron chi connectivity index (χ1n) is 10.0. The van der Waals surface area contributed by atoms with Crippen LogP contribution in [0.2, 0.25) is 0 Å². The zero-order valence-corrected chi connectivity index (χ0v) is 17.8. The van der Waals surface area contributed by atoms with Crippen molar-refractivity contribution in [3.63, 3.8) is 0 Å². The fraction of sp³-hybridized carbons (Fsp3) is 0.391. The van der Waals surface area contributed by atoms with Crippen LogP contribution in [-0.4, -0.2) is 49.5 Å². The molecule has 7 nitrogen and oxygen atoms in total. The number of hydrogen-bond donors (Lipinski definition) is 0. The summed E-state index contributed by atoms with van der Waals surface area (Å²) < 4.78 is 22.0. The molecule has 1 aromatic heterocycles. The third kappa shape index (κ3) is 3.98. The Morgan fingerprint density at radius 1 is 1.07 bits per heavy atom. The molecule has 0 amide bonds. The highest BCUT2D eigenvalue weighted by Gasteiger charge is 2.29. The molecule has 0 bridgehead atoms. The second-order valence-electron chi connectivity index (χ2n) is 7.53. The van der Waals surface area contributed by atoms with Crippen LogP contribution in [0.4, 0.5) is 0 Å². The Labute approximate surface area is 176 Å². The summed E-state index contributed by atoms with van der Waals surface area (Å²) in [6.45, 7) is 4.67. The minimum absolute atomic E-state index is 0.234. The van der Waals surface area contributed by atoms with Crippen LogP contribution in [-0.2, 0) is 6.54 Å². The number of aryl methyl sites for hydroxylation is 1. The summed E-state index contributed by atoms with van der Waals surface area (Å²) in [6, 6.07) is 12.1. The molecular weight excluding hydrogens is 382 g/mol. The van der Waals surface area contributed by atoms with E-state index in [1.807, 2.05) is 30.3 Å². The molecule has 0 radical (unpaired) electrons. The van der Waals surface area contributed by atoms with Crippen LogP contribution in [0.5, 0.6) is 17.2 Å². The maximum absolute atomic E-state index is 5.62. The van der Waals surface area contributed by atoms with E-state index in [0.717, 1.165) is 42.7 Å². The molecule has 4 rings (SSSR count). The van der Waals surface area contributed by atoms with Gasteiger partial charge in [-0.1, -0.05) is 29.4 Å². The number of ether oxygens (including phenoxy) is 3. The highest BCUT2D eigenvalue weighted by molar-refractivity contribution is 5.59. The molecule has 0 saturated carbocycles. The Morgan fingerprint density at radius 3 is 2.47 bits per heavy atom. The molecule has 1 fully saturated rings. The van der Waals surface area contributed by atoms with Gasteiger partial charge in [-0.3, -0.25) is 4.90 Å². The van der Waals surface area contributed by atoms with Gasteiger partial charge >= 0.3 is 0 Å². The normalized spacial score (nSPS) is 16.6. The van der Waals surface area contributed by atoms with E-state index in [9.17, 15) is 0 Å². The second kappa shape index (κ2) is 8.75. The van der Waals surface area contributed by atoms with Gasteiger partial charge in [0.2, 0.25) is 17.5 Å². The zero-order chi connectivity index (χ0) is 21.1. The van der Waals surface area contributed by atoms with Gasteiger partial charge in [-0.15, -0.1) is 0 Å². The van der Waals surface area contributed by atoms with Gasteiger partial charge < -0.3 is 18.7 Å². The Hall–Kier alpha value is -3.06. The molecule has 0 spiro atoms. The number of nitrogens with zero attached hydrogens (tertiary/aromatic N) is 3. The van der Waals surface area contributed by atoms with Gasteiger partial charge in [-0.05, 0) is 43.1 Å². The van der Waals surface area contributed by atoms with Crippen molar-refractivity contribution in [2.24, 2.45) is 0 Å². The van der Waals surface area contributed by atoms with Crippen LogP contribution in [0.25, 0.3) is 11.4 Å². The van der Waals surface area contributed by atoms with Crippen molar-refractivity contribution in [3.05, 3.63) is 53.4 Å². The minimum atomic E-state index is 0.234. The van der Waals surface area contributed by atoms with E-state index < -0.39 is 0 Å². The molecule has 0 unspecified atom stereocenters. The van der Waals surface area contributed by atoms with Gasteiger partial charge in [0.25, 0.3) is 0 Å². The van der Waals surface area contributed by atoms with Gasteiger partial charge in [-0.25, -0.2) is 0 Å². The Morgan fingerprint density at radius 2 is 1.80 bits per heavy atom. The van der Waals surface area contributed by atoms with E-state index in [1.165, 1.54) is 0 Å². The lowest BCUT2D eigenvalue weighted by atomic mass is 10.1. The van der Waals surface area contributed by atoms with Crippen molar-refractivity contribution in [2.45, 2.75) is 25.8 Å². The lowest BCUT2D eigenvalue weighted by molar-refractivity contribution is 0.303. The van der Waals surface area contributed by atoms with Crippen LogP contribution in [0, 0.1) is 6.92 Å². The summed E-state index contributed by atoms with van der Waals surface area (Å²) in [5, 5.41) is 4.21. The minimum Gasteiger partial charge on any atom is -0.493 e. The molecule has 0 N–H and O–H groups in total. The first-order valence-corrected chi connectivity index (χ1v) is 10.0. The highest BCUT2D eigenvalue weighted by atomic mass is 16.5. The second-order valence-corrected chi connectivity index (χ2v) is 7.53. The molecule has 7 heteroatoms. The summed E-state index contributed by atoms with van der Waals surface area (Å²) in [5.74, 6) is 3.55. The highest BCUT2D eigenvalue weighted by Crippen LogP contribution is 2.39. The van der Waals surface area contributed by atoms with E-state index in [-0.39, 0.29) is 5.92 Å². The zero-order valence-electron chi connectivity index (χ0n) is 17.8. The number of hydrogen-bond acceptors (Lipinski definition) is 7. The Balaban J connectivity index is 1.46. The van der Waals surface area contributed by atoms with Crippen LogP contribution in [0.1, 0.15) is 29.4 Å². The van der Waals surface area contributed by atoms with E-state index in [1.54, 1.807) is 21.3 Å². The summed E-state index contributed by atoms with van der Waals surface area (Å²) in [7, 11) is 4.88. The lowest BCUT2D eigenvalue weighted by Gasteiger charge is -2.18. The van der Waals surface area contributed by atoms with Crippen LogP contribution < -0.4 is 14.2 Å². The lowest BCUT2D eigenvalue weighted by Crippen LogP contribution is -2.20. The predicted molar refractivity (Wildman–Crippen MR) is 113 cm³/mol. The smallest absolute Gasteiger partial charge is 0.231 e. The summed E-state index contributed by atoms with van der Waals surface area (Å²) >= 11 is 0. The Bertz CT molecular complexity index is 992. The van der Waals surface area contributed by atoms with Gasteiger partial charge in [0, 0.05) is 18.7 Å². The van der Waals surface area contributed by atoms with Gasteiger partial charge in [0.15, 0.2) is 11.5 Å². The fourth-order valence-corrected chi connectivity index (χ4v) is 4.00. The summed E-state index contributed by atoms with van der Waals surface area (Å²) in [4.78, 5) is 7.06. The standard InChI is InChI=1S/C23H27N3O4/c1-15-7-5-6-8-18(15)22-24-23(30-25-22)17-9-10-26(14-17)13-16-11-19(27-2)21(29-4)20(12-16)28-3/h5-8,11-12,17H,9-10,13-14H2,1-4H3/t17-/m1/s1. The molecule has 3 aromatic rings. The molecule has 30 heavy (non-hydrogen) atoms. The molecule has 1 aliphatic heterocycles. The number of rotatable bonds is 7. The van der Waals surface area contributed by atoms with Crippen molar-refractivity contribution in [1.29, 1.82) is 0 Å². The first kappa shape index (κ1) is 20.2. The maximum atomic E-state index is 5.62. The van der Waals surface area contributed by atoms with Gasteiger partial charge in [-0.2, -0.15) is 4.98 Å². The number of benzene rings is 2. The van der Waals surface area contributed by atoms with Crippen molar-refractivity contribution < 1.29 is 18.7 Å². The van der Waals surface area contributed by atoms with Crippen LogP contribution in [0.15, 0.2) is 40.9 Å². The fourth-order valence-electron chi connectivity index (χ4n) is 4.00. The van der Waals surface area contributed by atoms with Crippen LogP contribution in [0.3, 0.4) is 0 Å². The average molecular weight is 409 g/mol. The average Bonchev–Trinajstić information content (AvgIpc) is 3.43. The Kier molecular flexibility index (Phi) is 5.90. The third-order valence-electron chi connectivity index (χ3n) is 5.58. The monoisotopic (exact) mass is 409 g/mol. The maximum Gasteiger partial charge on any atom is 0.231 e.